The fraction of sp³-hybridized carbons (Fsp3) is 0.429. The molecule has 0 radical (unpaired) electrons. The largest absolute Gasteiger partial charge is 0.519 e. The number of aryl methyl sites for hydroxylation is 2. The minimum atomic E-state index is -0.735. The lowest BCUT2D eigenvalue weighted by molar-refractivity contribution is 0.122. The molecular weight excluding hydrogens is 296 g/mol. The van der Waals surface area contributed by atoms with Crippen LogP contribution in [0.5, 0.6) is 0 Å². The Labute approximate surface area is 124 Å². The van der Waals surface area contributed by atoms with Gasteiger partial charge in [-0.05, 0) is 13.8 Å². The number of rotatable bonds is 8. The minimum Gasteiger partial charge on any atom is -0.396 e. The summed E-state index contributed by atoms with van der Waals surface area (Å²) in [6, 6.07) is 0. The van der Waals surface area contributed by atoms with E-state index in [4.69, 9.17) is 27.1 Å². The molecule has 0 atom stereocenters. The highest BCUT2D eigenvalue weighted by Gasteiger charge is 2.08. The zero-order valence-electron chi connectivity index (χ0n) is 12.2. The third kappa shape index (κ3) is 4.61. The van der Waals surface area contributed by atoms with Crippen molar-refractivity contribution in [2.75, 3.05) is 13.2 Å². The van der Waals surface area contributed by atoms with Crippen molar-refractivity contribution >= 4 is 0 Å². The number of hydrogen-bond acceptors (Lipinski definition) is 8. The normalized spacial score (nSPS) is 11.5. The zero-order valence-corrected chi connectivity index (χ0v) is 12.2. The lowest BCUT2D eigenvalue weighted by atomic mass is 10.4. The third-order valence-corrected chi connectivity index (χ3v) is 2.73. The van der Waals surface area contributed by atoms with Gasteiger partial charge in [-0.1, -0.05) is 12.2 Å². The highest BCUT2D eigenvalue weighted by atomic mass is 16.6. The van der Waals surface area contributed by atoms with Crippen LogP contribution in [-0.2, 0) is 22.7 Å². The Balaban J connectivity index is 1.60. The first-order chi connectivity index (χ1) is 10.6. The Morgan fingerprint density at radius 3 is 1.50 bits per heavy atom. The van der Waals surface area contributed by atoms with Crippen LogP contribution < -0.4 is 11.6 Å². The summed E-state index contributed by atoms with van der Waals surface area (Å²) in [5.41, 5.74) is 0. The van der Waals surface area contributed by atoms with E-state index in [0.29, 0.717) is 36.3 Å². The molecule has 8 nitrogen and oxygen atoms in total. The van der Waals surface area contributed by atoms with Crippen molar-refractivity contribution in [3.8, 4) is 0 Å². The maximum Gasteiger partial charge on any atom is 0.519 e. The van der Waals surface area contributed by atoms with Crippen molar-refractivity contribution in [1.82, 2.24) is 0 Å². The topological polar surface area (TPSA) is 105 Å². The summed E-state index contributed by atoms with van der Waals surface area (Å²) in [5, 5.41) is 0. The first kappa shape index (κ1) is 16.1. The Kier molecular flexibility index (Phi) is 5.56. The van der Waals surface area contributed by atoms with Crippen molar-refractivity contribution in [1.29, 1.82) is 0 Å². The van der Waals surface area contributed by atoms with E-state index in [0.717, 1.165) is 0 Å². The van der Waals surface area contributed by atoms with E-state index in [1.165, 1.54) is 0 Å². The summed E-state index contributed by atoms with van der Waals surface area (Å²) in [5.74, 6) is 0.103. The van der Waals surface area contributed by atoms with E-state index in [1.54, 1.807) is 26.0 Å². The van der Waals surface area contributed by atoms with Gasteiger partial charge in [-0.15, -0.1) is 0 Å². The lowest BCUT2D eigenvalue weighted by Gasteiger charge is -1.98. The summed E-state index contributed by atoms with van der Waals surface area (Å²) >= 11 is 0. The van der Waals surface area contributed by atoms with Crippen LogP contribution in [0.3, 0.4) is 0 Å². The average Bonchev–Trinajstić information content (AvgIpc) is 2.94. The second-order valence-corrected chi connectivity index (χ2v) is 4.37. The molecule has 0 saturated heterocycles. The molecule has 0 amide bonds. The van der Waals surface area contributed by atoms with Crippen LogP contribution in [0.1, 0.15) is 23.0 Å². The van der Waals surface area contributed by atoms with Gasteiger partial charge in [-0.3, -0.25) is 0 Å². The molecular formula is C14H16O8. The van der Waals surface area contributed by atoms with Gasteiger partial charge in [-0.2, -0.15) is 0 Å². The molecule has 120 valence electrons. The molecule has 2 aromatic heterocycles. The van der Waals surface area contributed by atoms with Crippen molar-refractivity contribution in [3.63, 3.8) is 0 Å². The summed E-state index contributed by atoms with van der Waals surface area (Å²) in [6.07, 6.45) is 3.51. The van der Waals surface area contributed by atoms with Gasteiger partial charge in [-0.25, -0.2) is 9.59 Å². The molecule has 0 spiro atoms. The molecule has 0 aromatic carbocycles. The van der Waals surface area contributed by atoms with Gasteiger partial charge in [0.1, 0.15) is 24.7 Å². The Morgan fingerprint density at radius 2 is 1.18 bits per heavy atom. The van der Waals surface area contributed by atoms with Gasteiger partial charge in [0.25, 0.3) is 0 Å². The first-order valence-electron chi connectivity index (χ1n) is 6.55. The second-order valence-electron chi connectivity index (χ2n) is 4.37. The van der Waals surface area contributed by atoms with Gasteiger partial charge in [0, 0.05) is 0 Å². The van der Waals surface area contributed by atoms with Crippen molar-refractivity contribution in [2.24, 2.45) is 0 Å². The second kappa shape index (κ2) is 7.62. The van der Waals surface area contributed by atoms with E-state index < -0.39 is 11.6 Å². The summed E-state index contributed by atoms with van der Waals surface area (Å²) in [7, 11) is 0. The monoisotopic (exact) mass is 312 g/mol. The lowest BCUT2D eigenvalue weighted by Crippen LogP contribution is -1.96. The number of ether oxygens (including phenoxy) is 2. The Hall–Kier alpha value is -2.32. The third-order valence-electron chi connectivity index (χ3n) is 2.73. The maximum absolute atomic E-state index is 10.8. The van der Waals surface area contributed by atoms with Gasteiger partial charge >= 0.3 is 11.6 Å². The van der Waals surface area contributed by atoms with Gasteiger partial charge < -0.3 is 27.1 Å². The highest BCUT2D eigenvalue weighted by molar-refractivity contribution is 4.99. The highest BCUT2D eigenvalue weighted by Crippen LogP contribution is 2.07. The van der Waals surface area contributed by atoms with Crippen LogP contribution in [0.4, 0.5) is 0 Å². The summed E-state index contributed by atoms with van der Waals surface area (Å²) in [6.45, 7) is 4.23. The number of hydrogen-bond donors (Lipinski definition) is 0. The quantitative estimate of drug-likeness (QED) is 0.535. The standard InChI is InChI=1S/C14H16O8/c1-9-11(21-13(15)19-9)7-17-5-3-4-6-18-8-12-10(2)20-14(16)22-12/h3-4H,5-8H2,1-2H3. The molecule has 2 rings (SSSR count). The molecule has 0 aliphatic carbocycles. The molecule has 0 bridgehead atoms. The average molecular weight is 312 g/mol. The van der Waals surface area contributed by atoms with Crippen molar-refractivity contribution in [2.45, 2.75) is 27.1 Å². The molecule has 0 aliphatic heterocycles. The Morgan fingerprint density at radius 1 is 0.773 bits per heavy atom. The van der Waals surface area contributed by atoms with Crippen LogP contribution in [0.15, 0.2) is 39.4 Å². The van der Waals surface area contributed by atoms with Crippen molar-refractivity contribution in [3.05, 3.63) is 56.4 Å². The van der Waals surface area contributed by atoms with Crippen LogP contribution in [-0.4, -0.2) is 13.2 Å². The molecule has 8 heteroatoms. The van der Waals surface area contributed by atoms with Crippen LogP contribution in [0, 0.1) is 13.8 Å². The molecule has 2 heterocycles. The molecule has 22 heavy (non-hydrogen) atoms. The fourth-order valence-electron chi connectivity index (χ4n) is 1.59. The van der Waals surface area contributed by atoms with E-state index >= 15 is 0 Å². The fourth-order valence-corrected chi connectivity index (χ4v) is 1.59. The predicted octanol–water partition coefficient (Wildman–Crippen LogP) is 1.69. The van der Waals surface area contributed by atoms with Crippen LogP contribution in [0.25, 0.3) is 0 Å². The van der Waals surface area contributed by atoms with Gasteiger partial charge in [0.2, 0.25) is 0 Å². The molecule has 0 unspecified atom stereocenters. The molecule has 0 saturated carbocycles. The van der Waals surface area contributed by atoms with E-state index in [-0.39, 0.29) is 13.2 Å². The SMILES string of the molecule is Cc1oc(=O)oc1COCC=CCOCc1oc(=O)oc1C. The molecule has 0 N–H and O–H groups in total. The van der Waals surface area contributed by atoms with Gasteiger partial charge in [0.15, 0.2) is 11.5 Å². The minimum absolute atomic E-state index is 0.155. The van der Waals surface area contributed by atoms with Crippen LogP contribution in [0.2, 0.25) is 0 Å². The molecule has 0 fully saturated rings. The molecule has 2 aromatic rings. The van der Waals surface area contributed by atoms with E-state index in [2.05, 4.69) is 0 Å². The maximum atomic E-state index is 10.8. The predicted molar refractivity (Wildman–Crippen MR) is 72.4 cm³/mol. The Bertz CT molecular complexity index is 664. The summed E-state index contributed by atoms with van der Waals surface area (Å²) in [4.78, 5) is 21.6. The van der Waals surface area contributed by atoms with Crippen LogP contribution >= 0.6 is 0 Å². The van der Waals surface area contributed by atoms with E-state index in [1.807, 2.05) is 0 Å². The summed E-state index contributed by atoms with van der Waals surface area (Å²) < 4.78 is 29.5. The zero-order chi connectivity index (χ0) is 15.9. The smallest absolute Gasteiger partial charge is 0.396 e. The van der Waals surface area contributed by atoms with Crippen molar-refractivity contribution < 1.29 is 27.1 Å². The first-order valence-corrected chi connectivity index (χ1v) is 6.55. The van der Waals surface area contributed by atoms with E-state index in [9.17, 15) is 9.59 Å². The molecule has 0 aliphatic rings. The van der Waals surface area contributed by atoms with Gasteiger partial charge in [0.05, 0.1) is 13.2 Å².